The number of thioether (sulfide) groups is 1. The largest absolute Gasteiger partial charge is 0.319 e. The molecule has 84 valence electrons. The topological polar surface area (TPSA) is 12.0 Å². The summed E-state index contributed by atoms with van der Waals surface area (Å²) >= 11 is 2.08. The molecule has 2 heteroatoms. The van der Waals surface area contributed by atoms with Gasteiger partial charge in [-0.15, -0.1) is 0 Å². The number of hydrogen-bond donors (Lipinski definition) is 1. The van der Waals surface area contributed by atoms with E-state index in [1.165, 1.54) is 43.7 Å². The Kier molecular flexibility index (Phi) is 5.32. The highest BCUT2D eigenvalue weighted by atomic mass is 32.2. The van der Waals surface area contributed by atoms with Gasteiger partial charge in [-0.1, -0.05) is 13.8 Å². The molecule has 1 unspecified atom stereocenters. The van der Waals surface area contributed by atoms with E-state index in [2.05, 4.69) is 38.0 Å². The first-order chi connectivity index (χ1) is 6.73. The van der Waals surface area contributed by atoms with Crippen molar-refractivity contribution in [2.24, 2.45) is 11.3 Å². The predicted molar refractivity (Wildman–Crippen MR) is 67.0 cm³/mol. The Morgan fingerprint density at radius 2 is 2.14 bits per heavy atom. The molecular formula is C12H25NS. The summed E-state index contributed by atoms with van der Waals surface area (Å²) < 4.78 is 0. The molecule has 1 saturated carbocycles. The van der Waals surface area contributed by atoms with Gasteiger partial charge >= 0.3 is 0 Å². The molecule has 0 bridgehead atoms. The summed E-state index contributed by atoms with van der Waals surface area (Å²) in [7, 11) is 2.08. The molecule has 0 heterocycles. The second-order valence-corrected chi connectivity index (χ2v) is 6.15. The van der Waals surface area contributed by atoms with Crippen LogP contribution in [0.1, 0.15) is 39.5 Å². The van der Waals surface area contributed by atoms with Crippen molar-refractivity contribution >= 4 is 11.8 Å². The molecule has 0 aromatic rings. The average molecular weight is 215 g/mol. The van der Waals surface area contributed by atoms with Gasteiger partial charge in [-0.05, 0) is 55.6 Å². The maximum absolute atomic E-state index is 3.36. The van der Waals surface area contributed by atoms with Crippen LogP contribution in [0, 0.1) is 11.3 Å². The SMILES string of the molecule is CCSCCCC(C)(CNC)C1CC1. The molecule has 1 N–H and O–H groups in total. The van der Waals surface area contributed by atoms with Crippen LogP contribution >= 0.6 is 11.8 Å². The zero-order valence-electron chi connectivity index (χ0n) is 9.94. The minimum atomic E-state index is 0.586. The average Bonchev–Trinajstić information content (AvgIpc) is 2.96. The van der Waals surface area contributed by atoms with Crippen molar-refractivity contribution in [2.75, 3.05) is 25.1 Å². The quantitative estimate of drug-likeness (QED) is 0.624. The van der Waals surface area contributed by atoms with Crippen LogP contribution in [0.2, 0.25) is 0 Å². The van der Waals surface area contributed by atoms with Crippen LogP contribution in [0.4, 0.5) is 0 Å². The lowest BCUT2D eigenvalue weighted by Gasteiger charge is -2.29. The first-order valence-electron chi connectivity index (χ1n) is 5.95. The fourth-order valence-electron chi connectivity index (χ4n) is 2.34. The number of rotatable bonds is 8. The van der Waals surface area contributed by atoms with Gasteiger partial charge in [-0.25, -0.2) is 0 Å². The van der Waals surface area contributed by atoms with Crippen molar-refractivity contribution in [3.8, 4) is 0 Å². The third-order valence-corrected chi connectivity index (χ3v) is 4.37. The molecule has 1 aliphatic carbocycles. The zero-order valence-corrected chi connectivity index (χ0v) is 10.8. The highest BCUT2D eigenvalue weighted by Gasteiger charge is 2.40. The van der Waals surface area contributed by atoms with Crippen molar-refractivity contribution in [1.82, 2.24) is 5.32 Å². The first kappa shape index (κ1) is 12.4. The second kappa shape index (κ2) is 6.02. The summed E-state index contributed by atoms with van der Waals surface area (Å²) in [5.41, 5.74) is 0.586. The normalized spacial score (nSPS) is 20.8. The minimum Gasteiger partial charge on any atom is -0.319 e. The molecule has 1 nitrogen and oxygen atoms in total. The highest BCUT2D eigenvalue weighted by Crippen LogP contribution is 2.47. The smallest absolute Gasteiger partial charge is 0.000482 e. The van der Waals surface area contributed by atoms with E-state index >= 15 is 0 Å². The van der Waals surface area contributed by atoms with Gasteiger partial charge < -0.3 is 5.32 Å². The summed E-state index contributed by atoms with van der Waals surface area (Å²) in [5, 5.41) is 3.36. The Morgan fingerprint density at radius 3 is 2.64 bits per heavy atom. The monoisotopic (exact) mass is 215 g/mol. The van der Waals surface area contributed by atoms with Crippen LogP contribution in [0.15, 0.2) is 0 Å². The molecule has 1 rings (SSSR count). The lowest BCUT2D eigenvalue weighted by molar-refractivity contribution is 0.241. The maximum atomic E-state index is 3.36. The summed E-state index contributed by atoms with van der Waals surface area (Å²) in [6.07, 6.45) is 5.75. The summed E-state index contributed by atoms with van der Waals surface area (Å²) in [6, 6.07) is 0. The Bertz CT molecular complexity index is 156. The second-order valence-electron chi connectivity index (χ2n) is 4.76. The first-order valence-corrected chi connectivity index (χ1v) is 7.10. The van der Waals surface area contributed by atoms with Crippen LogP contribution in [-0.2, 0) is 0 Å². The molecule has 0 aliphatic heterocycles. The summed E-state index contributed by atoms with van der Waals surface area (Å²) in [5.74, 6) is 3.64. The maximum Gasteiger partial charge on any atom is 0.000482 e. The summed E-state index contributed by atoms with van der Waals surface area (Å²) in [6.45, 7) is 5.92. The Morgan fingerprint density at radius 1 is 1.43 bits per heavy atom. The lowest BCUT2D eigenvalue weighted by Crippen LogP contribution is -2.31. The minimum absolute atomic E-state index is 0.586. The molecule has 0 spiro atoms. The molecule has 1 fully saturated rings. The van der Waals surface area contributed by atoms with Gasteiger partial charge in [-0.2, -0.15) is 11.8 Å². The van der Waals surface area contributed by atoms with E-state index in [0.717, 1.165) is 5.92 Å². The van der Waals surface area contributed by atoms with Crippen molar-refractivity contribution in [3.05, 3.63) is 0 Å². The van der Waals surface area contributed by atoms with Gasteiger partial charge in [0.05, 0.1) is 0 Å². The highest BCUT2D eigenvalue weighted by molar-refractivity contribution is 7.99. The summed E-state index contributed by atoms with van der Waals surface area (Å²) in [4.78, 5) is 0. The van der Waals surface area contributed by atoms with Crippen molar-refractivity contribution in [2.45, 2.75) is 39.5 Å². The third kappa shape index (κ3) is 3.82. The number of nitrogens with one attached hydrogen (secondary N) is 1. The Hall–Kier alpha value is 0.310. The molecule has 0 amide bonds. The van der Waals surface area contributed by atoms with Crippen molar-refractivity contribution < 1.29 is 0 Å². The zero-order chi connectivity index (χ0) is 10.4. The predicted octanol–water partition coefficient (Wildman–Crippen LogP) is 3.16. The Labute approximate surface area is 93.4 Å². The lowest BCUT2D eigenvalue weighted by atomic mass is 9.80. The third-order valence-electron chi connectivity index (χ3n) is 3.38. The van der Waals surface area contributed by atoms with E-state index in [0.29, 0.717) is 5.41 Å². The van der Waals surface area contributed by atoms with E-state index in [1.807, 2.05) is 0 Å². The van der Waals surface area contributed by atoms with E-state index in [-0.39, 0.29) is 0 Å². The number of hydrogen-bond acceptors (Lipinski definition) is 2. The van der Waals surface area contributed by atoms with Crippen molar-refractivity contribution in [3.63, 3.8) is 0 Å². The van der Waals surface area contributed by atoms with Gasteiger partial charge in [0.25, 0.3) is 0 Å². The fourth-order valence-corrected chi connectivity index (χ4v) is 2.98. The van der Waals surface area contributed by atoms with E-state index < -0.39 is 0 Å². The van der Waals surface area contributed by atoms with Gasteiger partial charge in [0, 0.05) is 6.54 Å². The van der Waals surface area contributed by atoms with Crippen LogP contribution in [0.25, 0.3) is 0 Å². The van der Waals surface area contributed by atoms with Gasteiger partial charge in [0.1, 0.15) is 0 Å². The van der Waals surface area contributed by atoms with E-state index in [9.17, 15) is 0 Å². The van der Waals surface area contributed by atoms with Crippen LogP contribution in [0.3, 0.4) is 0 Å². The molecule has 0 aromatic carbocycles. The molecule has 0 saturated heterocycles. The van der Waals surface area contributed by atoms with Gasteiger partial charge in [-0.3, -0.25) is 0 Å². The molecule has 1 atom stereocenters. The van der Waals surface area contributed by atoms with Gasteiger partial charge in [0.2, 0.25) is 0 Å². The van der Waals surface area contributed by atoms with Crippen LogP contribution < -0.4 is 5.32 Å². The molecular weight excluding hydrogens is 190 g/mol. The van der Waals surface area contributed by atoms with Crippen molar-refractivity contribution in [1.29, 1.82) is 0 Å². The van der Waals surface area contributed by atoms with Crippen LogP contribution in [0.5, 0.6) is 0 Å². The molecule has 14 heavy (non-hydrogen) atoms. The van der Waals surface area contributed by atoms with E-state index in [1.54, 1.807) is 0 Å². The van der Waals surface area contributed by atoms with Crippen LogP contribution in [-0.4, -0.2) is 25.1 Å². The standard InChI is InChI=1S/C12H25NS/c1-4-14-9-5-8-12(2,10-13-3)11-6-7-11/h11,13H,4-10H2,1-3H3. The fraction of sp³-hybridized carbons (Fsp3) is 1.00. The Balaban J connectivity index is 2.21. The molecule has 0 radical (unpaired) electrons. The molecule has 1 aliphatic rings. The van der Waals surface area contributed by atoms with Gasteiger partial charge in [0.15, 0.2) is 0 Å². The molecule has 0 aromatic heterocycles. The van der Waals surface area contributed by atoms with E-state index in [4.69, 9.17) is 0 Å².